The highest BCUT2D eigenvalue weighted by molar-refractivity contribution is 9.09. The molecule has 0 spiro atoms. The van der Waals surface area contributed by atoms with Gasteiger partial charge in [0.2, 0.25) is 0 Å². The minimum Gasteiger partial charge on any atom is -0.462 e. The molecule has 4 aliphatic carbocycles. The number of halogens is 1. The smallest absolute Gasteiger partial charge is 0.306 e. The van der Waals surface area contributed by atoms with E-state index in [1.54, 1.807) is 0 Å². The molecule has 0 N–H and O–H groups in total. The van der Waals surface area contributed by atoms with Crippen LogP contribution in [0.4, 0.5) is 0 Å². The fraction of sp³-hybridized carbons (Fsp3) is 0.929. The largest absolute Gasteiger partial charge is 0.462 e. The first kappa shape index (κ1) is 12.0. The van der Waals surface area contributed by atoms with Crippen molar-refractivity contribution in [3.05, 3.63) is 0 Å². The predicted molar refractivity (Wildman–Crippen MR) is 70.0 cm³/mol. The Morgan fingerprint density at radius 3 is 2.18 bits per heavy atom. The van der Waals surface area contributed by atoms with Gasteiger partial charge in [-0.05, 0) is 62.2 Å². The monoisotopic (exact) mass is 300 g/mol. The number of carbonyl (C=O) groups excluding carboxylic acids is 1. The van der Waals surface area contributed by atoms with Gasteiger partial charge in [0.05, 0.1) is 0 Å². The van der Waals surface area contributed by atoms with E-state index >= 15 is 0 Å². The molecule has 0 aliphatic heterocycles. The van der Waals surface area contributed by atoms with Crippen LogP contribution in [-0.4, -0.2) is 17.4 Å². The fourth-order valence-electron chi connectivity index (χ4n) is 4.49. The minimum absolute atomic E-state index is 0.0296. The van der Waals surface area contributed by atoms with Crippen molar-refractivity contribution in [2.45, 2.75) is 51.0 Å². The zero-order chi connectivity index (χ0) is 11.8. The molecule has 0 aromatic carbocycles. The Balaban J connectivity index is 1.58. The first-order valence-electron chi connectivity index (χ1n) is 7.01. The molecule has 0 aromatic rings. The number of carbonyl (C=O) groups is 1. The Labute approximate surface area is 112 Å². The average molecular weight is 301 g/mol. The molecule has 0 aromatic heterocycles. The Kier molecular flexibility index (Phi) is 3.47. The van der Waals surface area contributed by atoms with Crippen LogP contribution in [-0.2, 0) is 9.53 Å². The molecule has 3 heteroatoms. The Morgan fingerprint density at radius 2 is 1.65 bits per heavy atom. The summed E-state index contributed by atoms with van der Waals surface area (Å²) in [6.07, 6.45) is 8.49. The Hall–Kier alpha value is -0.0500. The first-order valence-corrected chi connectivity index (χ1v) is 8.14. The van der Waals surface area contributed by atoms with E-state index in [4.69, 9.17) is 4.74 Å². The van der Waals surface area contributed by atoms with Crippen LogP contribution in [0.2, 0.25) is 0 Å². The quantitative estimate of drug-likeness (QED) is 0.586. The van der Waals surface area contributed by atoms with Crippen molar-refractivity contribution in [1.82, 2.24) is 0 Å². The van der Waals surface area contributed by atoms with E-state index in [1.165, 1.54) is 32.1 Å². The highest BCUT2D eigenvalue weighted by Crippen LogP contribution is 2.54. The van der Waals surface area contributed by atoms with Gasteiger partial charge in [-0.25, -0.2) is 0 Å². The zero-order valence-electron chi connectivity index (χ0n) is 10.2. The van der Waals surface area contributed by atoms with Gasteiger partial charge in [0.15, 0.2) is 0 Å². The molecule has 17 heavy (non-hydrogen) atoms. The van der Waals surface area contributed by atoms with E-state index in [0.29, 0.717) is 18.3 Å². The van der Waals surface area contributed by atoms with E-state index < -0.39 is 0 Å². The van der Waals surface area contributed by atoms with Gasteiger partial charge in [0.25, 0.3) is 0 Å². The third-order valence-corrected chi connectivity index (χ3v) is 5.48. The maximum atomic E-state index is 11.8. The van der Waals surface area contributed by atoms with Crippen LogP contribution in [0.25, 0.3) is 0 Å². The van der Waals surface area contributed by atoms with Crippen molar-refractivity contribution in [3.63, 3.8) is 0 Å². The van der Waals surface area contributed by atoms with Crippen molar-refractivity contribution < 1.29 is 9.53 Å². The van der Waals surface area contributed by atoms with Crippen LogP contribution >= 0.6 is 15.9 Å². The van der Waals surface area contributed by atoms with Crippen LogP contribution < -0.4 is 0 Å². The maximum Gasteiger partial charge on any atom is 0.306 e. The third-order valence-electron chi connectivity index (χ3n) is 4.92. The molecule has 0 heterocycles. The summed E-state index contributed by atoms with van der Waals surface area (Å²) in [6, 6.07) is 0. The highest BCUT2D eigenvalue weighted by atomic mass is 79.9. The first-order chi connectivity index (χ1) is 8.26. The number of alkyl halides is 1. The molecule has 0 radical (unpaired) electrons. The topological polar surface area (TPSA) is 26.3 Å². The number of ether oxygens (including phenoxy) is 1. The van der Waals surface area contributed by atoms with Gasteiger partial charge in [0.1, 0.15) is 6.10 Å². The van der Waals surface area contributed by atoms with Gasteiger partial charge in [-0.15, -0.1) is 0 Å². The normalized spacial score (nSPS) is 42.8. The van der Waals surface area contributed by atoms with E-state index in [0.717, 1.165) is 23.6 Å². The van der Waals surface area contributed by atoms with Gasteiger partial charge >= 0.3 is 5.97 Å². The zero-order valence-corrected chi connectivity index (χ0v) is 11.8. The van der Waals surface area contributed by atoms with Gasteiger partial charge in [-0.1, -0.05) is 15.9 Å². The highest BCUT2D eigenvalue weighted by Gasteiger charge is 2.49. The number of hydrogen-bond donors (Lipinski definition) is 0. The second kappa shape index (κ2) is 4.91. The van der Waals surface area contributed by atoms with Crippen LogP contribution in [0.5, 0.6) is 0 Å². The number of hydrogen-bond acceptors (Lipinski definition) is 2. The summed E-state index contributed by atoms with van der Waals surface area (Å²) >= 11 is 3.36. The lowest BCUT2D eigenvalue weighted by molar-refractivity contribution is -0.170. The summed E-state index contributed by atoms with van der Waals surface area (Å²) in [5.41, 5.74) is 0. The molecule has 4 rings (SSSR count). The molecular formula is C14H21BrO2. The van der Waals surface area contributed by atoms with E-state index in [1.807, 2.05) is 0 Å². The minimum atomic E-state index is 0.0296. The summed E-state index contributed by atoms with van der Waals surface area (Å²) in [6.45, 7) is 0. The Morgan fingerprint density at radius 1 is 1.06 bits per heavy atom. The summed E-state index contributed by atoms with van der Waals surface area (Å²) in [7, 11) is 0. The van der Waals surface area contributed by atoms with Crippen LogP contribution in [0, 0.1) is 23.7 Å². The summed E-state index contributed by atoms with van der Waals surface area (Å²) in [4.78, 5) is 11.8. The second-order valence-electron chi connectivity index (χ2n) is 6.18. The molecule has 96 valence electrons. The molecule has 4 bridgehead atoms. The molecule has 0 unspecified atom stereocenters. The van der Waals surface area contributed by atoms with Gasteiger partial charge < -0.3 is 4.74 Å². The molecule has 0 saturated heterocycles. The standard InChI is InChI=1S/C14H21BrO2/c15-3-1-2-13(16)17-14-11-5-9-4-10(7-11)8-12(14)6-9/h9-12,14H,1-8H2. The Bertz CT molecular complexity index is 275. The van der Waals surface area contributed by atoms with Crippen LogP contribution in [0.1, 0.15) is 44.9 Å². The summed E-state index contributed by atoms with van der Waals surface area (Å²) < 4.78 is 5.77. The van der Waals surface area contributed by atoms with Gasteiger partial charge in [-0.3, -0.25) is 4.79 Å². The van der Waals surface area contributed by atoms with Gasteiger partial charge in [0, 0.05) is 11.8 Å². The second-order valence-corrected chi connectivity index (χ2v) is 6.97. The molecular weight excluding hydrogens is 280 g/mol. The lowest BCUT2D eigenvalue weighted by Crippen LogP contribution is -2.50. The molecule has 4 fully saturated rings. The van der Waals surface area contributed by atoms with E-state index in [9.17, 15) is 4.79 Å². The van der Waals surface area contributed by atoms with E-state index in [2.05, 4.69) is 15.9 Å². The van der Waals surface area contributed by atoms with Crippen molar-refractivity contribution in [2.75, 3.05) is 5.33 Å². The van der Waals surface area contributed by atoms with Crippen molar-refractivity contribution in [1.29, 1.82) is 0 Å². The fourth-order valence-corrected chi connectivity index (χ4v) is 4.77. The third kappa shape index (κ3) is 2.40. The molecule has 2 nitrogen and oxygen atoms in total. The predicted octanol–water partition coefficient (Wildman–Crippen LogP) is 3.53. The van der Waals surface area contributed by atoms with Crippen LogP contribution in [0.3, 0.4) is 0 Å². The van der Waals surface area contributed by atoms with Crippen molar-refractivity contribution in [2.24, 2.45) is 23.7 Å². The SMILES string of the molecule is O=C(CCCBr)OC1C2CC3CC(C2)CC1C3. The molecule has 4 aliphatic rings. The summed E-state index contributed by atoms with van der Waals surface area (Å²) in [5, 5.41) is 0.893. The van der Waals surface area contributed by atoms with Gasteiger partial charge in [-0.2, -0.15) is 0 Å². The maximum absolute atomic E-state index is 11.8. The lowest BCUT2D eigenvalue weighted by Gasteiger charge is -2.53. The number of esters is 1. The molecule has 4 saturated carbocycles. The average Bonchev–Trinajstić information content (AvgIpc) is 2.30. The molecule has 0 atom stereocenters. The van der Waals surface area contributed by atoms with Crippen molar-refractivity contribution in [3.8, 4) is 0 Å². The van der Waals surface area contributed by atoms with E-state index in [-0.39, 0.29) is 12.1 Å². The number of rotatable bonds is 4. The van der Waals surface area contributed by atoms with Crippen molar-refractivity contribution >= 4 is 21.9 Å². The lowest BCUT2D eigenvalue weighted by atomic mass is 9.55. The van der Waals surface area contributed by atoms with Crippen LogP contribution in [0.15, 0.2) is 0 Å². The molecule has 0 amide bonds. The summed E-state index contributed by atoms with van der Waals surface area (Å²) in [5.74, 6) is 3.32.